The van der Waals surface area contributed by atoms with Crippen LogP contribution in [-0.2, 0) is 6.42 Å². The van der Waals surface area contributed by atoms with Gasteiger partial charge in [-0.3, -0.25) is 9.78 Å². The molecule has 4 rings (SSSR count). The minimum Gasteiger partial charge on any atom is -0.345 e. The van der Waals surface area contributed by atoms with Crippen molar-refractivity contribution < 1.29 is 4.79 Å². The summed E-state index contributed by atoms with van der Waals surface area (Å²) in [7, 11) is 0. The van der Waals surface area contributed by atoms with Crippen molar-refractivity contribution in [2.45, 2.75) is 32.2 Å². The zero-order valence-electron chi connectivity index (χ0n) is 13.8. The topological polar surface area (TPSA) is 42.0 Å². The first-order valence-electron chi connectivity index (χ1n) is 8.47. The summed E-state index contributed by atoms with van der Waals surface area (Å²) >= 11 is 0. The highest BCUT2D eigenvalue weighted by molar-refractivity contribution is 6.06. The lowest BCUT2D eigenvalue weighted by atomic mass is 9.87. The second-order valence-corrected chi connectivity index (χ2v) is 6.45. The van der Waals surface area contributed by atoms with Crippen molar-refractivity contribution in [2.24, 2.45) is 0 Å². The van der Waals surface area contributed by atoms with Crippen molar-refractivity contribution in [1.29, 1.82) is 0 Å². The summed E-state index contributed by atoms with van der Waals surface area (Å²) in [4.78, 5) is 17.5. The summed E-state index contributed by atoms with van der Waals surface area (Å²) in [5.74, 6) is -0.0154. The van der Waals surface area contributed by atoms with Gasteiger partial charge in [0.2, 0.25) is 0 Å². The van der Waals surface area contributed by atoms with Gasteiger partial charge in [0.15, 0.2) is 0 Å². The quantitative estimate of drug-likeness (QED) is 0.763. The van der Waals surface area contributed by atoms with Gasteiger partial charge in [0, 0.05) is 11.1 Å². The molecule has 1 amide bonds. The van der Waals surface area contributed by atoms with Gasteiger partial charge in [-0.05, 0) is 49.4 Å². The van der Waals surface area contributed by atoms with Gasteiger partial charge >= 0.3 is 0 Å². The molecule has 0 bridgehead atoms. The van der Waals surface area contributed by atoms with E-state index in [2.05, 4.69) is 34.6 Å². The molecule has 120 valence electrons. The van der Waals surface area contributed by atoms with E-state index in [1.165, 1.54) is 11.1 Å². The maximum Gasteiger partial charge on any atom is 0.252 e. The molecule has 1 aliphatic carbocycles. The van der Waals surface area contributed by atoms with Crippen LogP contribution in [-0.4, -0.2) is 10.9 Å². The van der Waals surface area contributed by atoms with Crippen molar-refractivity contribution in [2.75, 3.05) is 0 Å². The predicted octanol–water partition coefficient (Wildman–Crippen LogP) is 4.35. The predicted molar refractivity (Wildman–Crippen MR) is 96.1 cm³/mol. The maximum absolute atomic E-state index is 13.0. The van der Waals surface area contributed by atoms with Crippen LogP contribution in [0.2, 0.25) is 0 Å². The van der Waals surface area contributed by atoms with Crippen molar-refractivity contribution in [3.63, 3.8) is 0 Å². The van der Waals surface area contributed by atoms with E-state index in [1.54, 1.807) is 0 Å². The summed E-state index contributed by atoms with van der Waals surface area (Å²) in [6.45, 7) is 1.93. The smallest absolute Gasteiger partial charge is 0.252 e. The van der Waals surface area contributed by atoms with Crippen molar-refractivity contribution >= 4 is 16.8 Å². The minimum absolute atomic E-state index is 0.0154. The third-order valence-corrected chi connectivity index (χ3v) is 4.76. The normalized spacial score (nSPS) is 16.6. The summed E-state index contributed by atoms with van der Waals surface area (Å²) < 4.78 is 0. The first kappa shape index (κ1) is 14.9. The van der Waals surface area contributed by atoms with Crippen LogP contribution in [0, 0.1) is 6.92 Å². The number of aromatic nitrogens is 1. The summed E-state index contributed by atoms with van der Waals surface area (Å²) in [6, 6.07) is 18.2. The molecular formula is C21H20N2O. The summed E-state index contributed by atoms with van der Waals surface area (Å²) in [5.41, 5.74) is 5.05. The summed E-state index contributed by atoms with van der Waals surface area (Å²) in [5, 5.41) is 4.15. The molecule has 0 aliphatic heterocycles. The minimum atomic E-state index is -0.0154. The van der Waals surface area contributed by atoms with E-state index in [0.29, 0.717) is 5.56 Å². The number of nitrogens with zero attached hydrogens (tertiary/aromatic N) is 1. The number of aryl methyl sites for hydroxylation is 2. The lowest BCUT2D eigenvalue weighted by Gasteiger charge is -2.26. The van der Waals surface area contributed by atoms with Crippen molar-refractivity contribution in [3.05, 3.63) is 77.0 Å². The van der Waals surface area contributed by atoms with E-state index in [1.807, 2.05) is 37.3 Å². The van der Waals surface area contributed by atoms with E-state index < -0.39 is 0 Å². The van der Waals surface area contributed by atoms with Crippen molar-refractivity contribution in [3.8, 4) is 0 Å². The Kier molecular flexibility index (Phi) is 3.77. The first-order valence-corrected chi connectivity index (χ1v) is 8.47. The second kappa shape index (κ2) is 6.08. The Balaban J connectivity index is 1.69. The maximum atomic E-state index is 13.0. The van der Waals surface area contributed by atoms with Gasteiger partial charge in [0.25, 0.3) is 5.91 Å². The molecule has 2 aromatic carbocycles. The first-order chi connectivity index (χ1) is 11.7. The molecule has 24 heavy (non-hydrogen) atoms. The lowest BCUT2D eigenvalue weighted by Crippen LogP contribution is -2.31. The number of benzene rings is 2. The molecule has 1 heterocycles. The molecule has 3 nitrogen and oxygen atoms in total. The van der Waals surface area contributed by atoms with Gasteiger partial charge < -0.3 is 5.32 Å². The van der Waals surface area contributed by atoms with Gasteiger partial charge in [0.1, 0.15) is 0 Å². The Hall–Kier alpha value is -2.68. The number of fused-ring (bicyclic) bond motifs is 2. The zero-order valence-corrected chi connectivity index (χ0v) is 13.8. The molecule has 0 spiro atoms. The number of carbonyl (C=O) groups excluding carboxylic acids is 1. The Morgan fingerprint density at radius 3 is 2.83 bits per heavy atom. The highest BCUT2D eigenvalue weighted by Gasteiger charge is 2.22. The number of para-hydroxylation sites is 1. The number of pyridine rings is 1. The molecule has 1 atom stereocenters. The third kappa shape index (κ3) is 2.67. The van der Waals surface area contributed by atoms with Gasteiger partial charge in [-0.15, -0.1) is 0 Å². The van der Waals surface area contributed by atoms with E-state index in [9.17, 15) is 4.79 Å². The Labute approximate surface area is 141 Å². The zero-order chi connectivity index (χ0) is 16.5. The van der Waals surface area contributed by atoms with Gasteiger partial charge in [-0.1, -0.05) is 42.5 Å². The lowest BCUT2D eigenvalue weighted by molar-refractivity contribution is 0.0934. The molecule has 0 radical (unpaired) electrons. The van der Waals surface area contributed by atoms with Crippen LogP contribution in [0.1, 0.15) is 46.1 Å². The van der Waals surface area contributed by atoms with E-state index in [-0.39, 0.29) is 11.9 Å². The SMILES string of the molecule is Cc1cc(C(=O)NC2CCCc3ccccc32)c2ccccc2n1. The standard InChI is InChI=1S/C21H20N2O/c1-14-13-18(17-10-4-5-11-20(17)22-14)21(24)23-19-12-6-8-15-7-2-3-9-16(15)19/h2-5,7,9-11,13,19H,6,8,12H2,1H3,(H,23,24). The molecule has 3 heteroatoms. The number of amides is 1. The third-order valence-electron chi connectivity index (χ3n) is 4.76. The van der Waals surface area contributed by atoms with Crippen LogP contribution in [0.4, 0.5) is 0 Å². The number of hydrogen-bond donors (Lipinski definition) is 1. The molecule has 0 saturated heterocycles. The highest BCUT2D eigenvalue weighted by Crippen LogP contribution is 2.30. The fourth-order valence-corrected chi connectivity index (χ4v) is 3.64. The molecule has 1 unspecified atom stereocenters. The molecule has 3 aromatic rings. The fraction of sp³-hybridized carbons (Fsp3) is 0.238. The van der Waals surface area contributed by atoms with Crippen LogP contribution in [0.15, 0.2) is 54.6 Å². The number of carbonyl (C=O) groups is 1. The number of nitrogens with one attached hydrogen (secondary N) is 1. The van der Waals surface area contributed by atoms with Crippen molar-refractivity contribution in [1.82, 2.24) is 10.3 Å². The molecule has 1 aliphatic rings. The molecule has 1 N–H and O–H groups in total. The van der Waals surface area contributed by atoms with Crippen LogP contribution >= 0.6 is 0 Å². The van der Waals surface area contributed by atoms with E-state index in [4.69, 9.17) is 0 Å². The molecular weight excluding hydrogens is 296 g/mol. The molecule has 0 fully saturated rings. The van der Waals surface area contributed by atoms with Crippen LogP contribution in [0.25, 0.3) is 10.9 Å². The average molecular weight is 316 g/mol. The largest absolute Gasteiger partial charge is 0.345 e. The molecule has 1 aromatic heterocycles. The Morgan fingerprint density at radius 1 is 1.12 bits per heavy atom. The number of rotatable bonds is 2. The van der Waals surface area contributed by atoms with Crippen LogP contribution in [0.3, 0.4) is 0 Å². The van der Waals surface area contributed by atoms with Gasteiger partial charge in [-0.25, -0.2) is 0 Å². The van der Waals surface area contributed by atoms with Crippen LogP contribution in [0.5, 0.6) is 0 Å². The second-order valence-electron chi connectivity index (χ2n) is 6.45. The Bertz CT molecular complexity index is 917. The number of hydrogen-bond acceptors (Lipinski definition) is 2. The fourth-order valence-electron chi connectivity index (χ4n) is 3.64. The van der Waals surface area contributed by atoms with Gasteiger partial charge in [0.05, 0.1) is 17.1 Å². The van der Waals surface area contributed by atoms with E-state index >= 15 is 0 Å². The van der Waals surface area contributed by atoms with E-state index in [0.717, 1.165) is 35.9 Å². The summed E-state index contributed by atoms with van der Waals surface area (Å²) in [6.07, 6.45) is 3.20. The molecule has 0 saturated carbocycles. The highest BCUT2D eigenvalue weighted by atomic mass is 16.1. The average Bonchev–Trinajstić information content (AvgIpc) is 2.61. The van der Waals surface area contributed by atoms with Gasteiger partial charge in [-0.2, -0.15) is 0 Å². The van der Waals surface area contributed by atoms with Crippen LogP contribution < -0.4 is 5.32 Å². The Morgan fingerprint density at radius 2 is 1.92 bits per heavy atom. The monoisotopic (exact) mass is 316 g/mol.